The minimum Gasteiger partial charge on any atom is -0.330 e. The quantitative estimate of drug-likeness (QED) is 0.595. The maximum atomic E-state index is 6.03. The number of hydrogen-bond donors (Lipinski definition) is 2. The molecule has 0 saturated carbocycles. The van der Waals surface area contributed by atoms with E-state index < -0.39 is 0 Å². The predicted octanol–water partition coefficient (Wildman–Crippen LogP) is 4.76. The topological polar surface area (TPSA) is 54.4 Å². The molecule has 2 aromatic carbocycles. The molecule has 0 aliphatic heterocycles. The molecule has 0 bridgehead atoms. The van der Waals surface area contributed by atoms with Gasteiger partial charge in [0.15, 0.2) is 5.82 Å². The summed E-state index contributed by atoms with van der Waals surface area (Å²) in [5.74, 6) is 0.700. The van der Waals surface area contributed by atoms with Gasteiger partial charge in [0, 0.05) is 36.6 Å². The Bertz CT molecular complexity index is 894. The molecule has 0 aliphatic rings. The molecule has 3 N–H and O–H groups in total. The first-order chi connectivity index (χ1) is 12.6. The number of allylic oxidation sites excluding steroid dienone is 1. The number of quaternary nitrogens is 1. The molecule has 1 aromatic heterocycles. The molecular formula is C19H19Cl2N4S+. The maximum absolute atomic E-state index is 6.03. The molecule has 0 saturated heterocycles. The van der Waals surface area contributed by atoms with E-state index in [2.05, 4.69) is 51.2 Å². The van der Waals surface area contributed by atoms with E-state index in [0.29, 0.717) is 21.0 Å². The highest BCUT2D eigenvalue weighted by molar-refractivity contribution is 7.09. The molecule has 0 atom stereocenters. The molecule has 4 nitrogen and oxygen atoms in total. The summed E-state index contributed by atoms with van der Waals surface area (Å²) in [5, 5.41) is 7.15. The molecule has 0 fully saturated rings. The summed E-state index contributed by atoms with van der Waals surface area (Å²) in [7, 11) is 0. The predicted molar refractivity (Wildman–Crippen MR) is 110 cm³/mol. The van der Waals surface area contributed by atoms with E-state index in [1.165, 1.54) is 17.1 Å². The minimum absolute atomic E-state index is 0.505. The van der Waals surface area contributed by atoms with Gasteiger partial charge in [0.1, 0.15) is 5.70 Å². The number of hydrogen-bond acceptors (Lipinski definition) is 4. The highest BCUT2D eigenvalue weighted by atomic mass is 35.5. The Labute approximate surface area is 167 Å². The number of benzene rings is 2. The summed E-state index contributed by atoms with van der Waals surface area (Å²) in [5.41, 5.74) is 3.33. The van der Waals surface area contributed by atoms with Crippen LogP contribution in [0.25, 0.3) is 6.08 Å². The van der Waals surface area contributed by atoms with Crippen LogP contribution in [0.4, 0.5) is 10.8 Å². The minimum atomic E-state index is 0.505. The molecule has 26 heavy (non-hydrogen) atoms. The SMILES string of the molecule is CC(=Cc1nsc(Nc2ccc(Cl)c(Cl)c2)n1)[NH2+]CCc1ccccc1. The molecule has 3 aromatic rings. The van der Waals surface area contributed by atoms with Crippen molar-refractivity contribution in [1.29, 1.82) is 0 Å². The smallest absolute Gasteiger partial charge is 0.207 e. The largest absolute Gasteiger partial charge is 0.330 e. The van der Waals surface area contributed by atoms with Gasteiger partial charge in [-0.1, -0.05) is 53.5 Å². The van der Waals surface area contributed by atoms with E-state index in [9.17, 15) is 0 Å². The number of nitrogens with zero attached hydrogens (tertiary/aromatic N) is 2. The van der Waals surface area contributed by atoms with Crippen LogP contribution in [0.1, 0.15) is 18.3 Å². The lowest BCUT2D eigenvalue weighted by Gasteiger charge is -2.03. The van der Waals surface area contributed by atoms with Crippen LogP contribution in [-0.4, -0.2) is 15.9 Å². The highest BCUT2D eigenvalue weighted by Gasteiger charge is 2.06. The highest BCUT2D eigenvalue weighted by Crippen LogP contribution is 2.27. The molecule has 1 heterocycles. The Kier molecular flexibility index (Phi) is 6.63. The van der Waals surface area contributed by atoms with Gasteiger partial charge < -0.3 is 10.6 Å². The number of halogens is 2. The van der Waals surface area contributed by atoms with Crippen molar-refractivity contribution in [2.75, 3.05) is 11.9 Å². The molecule has 134 valence electrons. The standard InChI is InChI=1S/C19H18Cl2N4S/c1-13(22-10-9-14-5-3-2-4-6-14)11-18-24-19(26-25-18)23-15-7-8-16(20)17(21)12-15/h2-8,11-12,22H,9-10H2,1H3,(H,23,24,25)/p+1. The monoisotopic (exact) mass is 405 g/mol. The van der Waals surface area contributed by atoms with Gasteiger partial charge in [0.25, 0.3) is 0 Å². The summed E-state index contributed by atoms with van der Waals surface area (Å²) < 4.78 is 4.37. The van der Waals surface area contributed by atoms with Crippen LogP contribution in [-0.2, 0) is 6.42 Å². The fourth-order valence-corrected chi connectivity index (χ4v) is 3.28. The first-order valence-electron chi connectivity index (χ1n) is 8.21. The summed E-state index contributed by atoms with van der Waals surface area (Å²) >= 11 is 13.3. The lowest BCUT2D eigenvalue weighted by atomic mass is 10.1. The maximum Gasteiger partial charge on any atom is 0.207 e. The molecule has 0 unspecified atom stereocenters. The third kappa shape index (κ3) is 5.54. The molecule has 3 rings (SSSR count). The van der Waals surface area contributed by atoms with E-state index in [1.807, 2.05) is 18.2 Å². The zero-order chi connectivity index (χ0) is 18.4. The van der Waals surface area contributed by atoms with Crippen molar-refractivity contribution < 1.29 is 5.32 Å². The number of aromatic nitrogens is 2. The third-order valence-electron chi connectivity index (χ3n) is 3.71. The Morgan fingerprint density at radius 3 is 2.73 bits per heavy atom. The van der Waals surface area contributed by atoms with Crippen molar-refractivity contribution in [2.45, 2.75) is 13.3 Å². The number of anilines is 2. The van der Waals surface area contributed by atoms with Crippen LogP contribution in [0.3, 0.4) is 0 Å². The average molecular weight is 406 g/mol. The van der Waals surface area contributed by atoms with Crippen LogP contribution in [0, 0.1) is 0 Å². The number of nitrogens with two attached hydrogens (primary N) is 1. The van der Waals surface area contributed by atoms with Crippen molar-refractivity contribution in [2.24, 2.45) is 0 Å². The molecule has 0 amide bonds. The first kappa shape index (κ1) is 18.9. The molecule has 0 aliphatic carbocycles. The second kappa shape index (κ2) is 9.14. The van der Waals surface area contributed by atoms with Gasteiger partial charge in [0.05, 0.1) is 16.6 Å². The second-order valence-corrected chi connectivity index (χ2v) is 7.39. The van der Waals surface area contributed by atoms with Crippen LogP contribution >= 0.6 is 34.7 Å². The molecular weight excluding hydrogens is 387 g/mol. The molecule has 0 spiro atoms. The normalized spacial score (nSPS) is 11.6. The Balaban J connectivity index is 1.54. The fourth-order valence-electron chi connectivity index (χ4n) is 2.42. The number of rotatable bonds is 7. The zero-order valence-electron chi connectivity index (χ0n) is 14.2. The second-order valence-electron chi connectivity index (χ2n) is 5.83. The molecule has 0 radical (unpaired) electrons. The Morgan fingerprint density at radius 2 is 1.96 bits per heavy atom. The molecule has 7 heteroatoms. The number of nitrogens with one attached hydrogen (secondary N) is 1. The van der Waals surface area contributed by atoms with Crippen molar-refractivity contribution in [1.82, 2.24) is 9.36 Å². The van der Waals surface area contributed by atoms with E-state index in [1.54, 1.807) is 12.1 Å². The summed E-state index contributed by atoms with van der Waals surface area (Å²) in [6.45, 7) is 3.06. The van der Waals surface area contributed by atoms with Gasteiger partial charge in [-0.15, -0.1) is 0 Å². The van der Waals surface area contributed by atoms with E-state index in [4.69, 9.17) is 23.2 Å². The van der Waals surface area contributed by atoms with Crippen LogP contribution < -0.4 is 10.6 Å². The summed E-state index contributed by atoms with van der Waals surface area (Å²) in [6.07, 6.45) is 3.02. The lowest BCUT2D eigenvalue weighted by molar-refractivity contribution is -0.604. The van der Waals surface area contributed by atoms with Gasteiger partial charge in [-0.25, -0.2) is 0 Å². The van der Waals surface area contributed by atoms with Crippen LogP contribution in [0.5, 0.6) is 0 Å². The van der Waals surface area contributed by atoms with Gasteiger partial charge in [-0.3, -0.25) is 0 Å². The Hall–Kier alpha value is -1.92. The summed E-state index contributed by atoms with van der Waals surface area (Å²) in [4.78, 5) is 4.49. The van der Waals surface area contributed by atoms with Gasteiger partial charge in [-0.2, -0.15) is 9.36 Å². The van der Waals surface area contributed by atoms with Crippen LogP contribution in [0.15, 0.2) is 54.2 Å². The van der Waals surface area contributed by atoms with Crippen molar-refractivity contribution in [3.05, 3.63) is 75.7 Å². The zero-order valence-corrected chi connectivity index (χ0v) is 16.6. The lowest BCUT2D eigenvalue weighted by Crippen LogP contribution is -2.82. The first-order valence-corrected chi connectivity index (χ1v) is 9.74. The summed E-state index contributed by atoms with van der Waals surface area (Å²) in [6, 6.07) is 15.8. The van der Waals surface area contributed by atoms with Crippen molar-refractivity contribution in [3.8, 4) is 0 Å². The fraction of sp³-hybridized carbons (Fsp3) is 0.158. The van der Waals surface area contributed by atoms with E-state index in [0.717, 1.165) is 24.4 Å². The average Bonchev–Trinajstić information content (AvgIpc) is 3.06. The Morgan fingerprint density at radius 1 is 1.15 bits per heavy atom. The van der Waals surface area contributed by atoms with Crippen LogP contribution in [0.2, 0.25) is 10.0 Å². The van der Waals surface area contributed by atoms with Crippen molar-refractivity contribution >= 4 is 51.6 Å². The third-order valence-corrected chi connectivity index (χ3v) is 5.10. The van der Waals surface area contributed by atoms with Gasteiger partial charge in [0.2, 0.25) is 5.13 Å². The van der Waals surface area contributed by atoms with Gasteiger partial charge in [-0.05, 0) is 23.8 Å². The van der Waals surface area contributed by atoms with Gasteiger partial charge >= 0.3 is 0 Å². The van der Waals surface area contributed by atoms with E-state index >= 15 is 0 Å². The van der Waals surface area contributed by atoms with Crippen molar-refractivity contribution in [3.63, 3.8) is 0 Å². The van der Waals surface area contributed by atoms with E-state index in [-0.39, 0.29) is 0 Å².